The minimum Gasteiger partial charge on any atom is -0.398 e. The van der Waals surface area contributed by atoms with Crippen molar-refractivity contribution in [2.75, 3.05) is 11.1 Å². The largest absolute Gasteiger partial charge is 0.398 e. The summed E-state index contributed by atoms with van der Waals surface area (Å²) in [6.45, 7) is 1.96. The number of carbonyl (C=O) groups is 1. The number of benzene rings is 1. The molecule has 110 valence electrons. The Bertz CT molecular complexity index is 480. The highest BCUT2D eigenvalue weighted by Gasteiger charge is 2.17. The van der Waals surface area contributed by atoms with Crippen molar-refractivity contribution in [1.82, 2.24) is 0 Å². The van der Waals surface area contributed by atoms with Crippen molar-refractivity contribution >= 4 is 33.2 Å². The topological polar surface area (TPSA) is 55.1 Å². The van der Waals surface area contributed by atoms with Gasteiger partial charge in [-0.25, -0.2) is 0 Å². The van der Waals surface area contributed by atoms with E-state index >= 15 is 0 Å². The van der Waals surface area contributed by atoms with Crippen LogP contribution in [0.5, 0.6) is 0 Å². The molecule has 1 fully saturated rings. The van der Waals surface area contributed by atoms with E-state index in [0.717, 1.165) is 15.7 Å². The Morgan fingerprint density at radius 3 is 2.60 bits per heavy atom. The zero-order valence-corrected chi connectivity index (χ0v) is 13.6. The van der Waals surface area contributed by atoms with Crippen LogP contribution in [0, 0.1) is 12.8 Å². The van der Waals surface area contributed by atoms with E-state index in [1.165, 1.54) is 38.5 Å². The molecule has 1 aromatic rings. The smallest absolute Gasteiger partial charge is 0.224 e. The number of anilines is 2. The van der Waals surface area contributed by atoms with Crippen LogP contribution in [-0.4, -0.2) is 5.91 Å². The Morgan fingerprint density at radius 2 is 1.95 bits per heavy atom. The highest BCUT2D eigenvalue weighted by atomic mass is 79.9. The van der Waals surface area contributed by atoms with Crippen LogP contribution in [0.3, 0.4) is 0 Å². The molecule has 1 saturated carbocycles. The van der Waals surface area contributed by atoms with Gasteiger partial charge in [0.25, 0.3) is 0 Å². The van der Waals surface area contributed by atoms with E-state index in [9.17, 15) is 4.79 Å². The molecule has 0 bridgehead atoms. The highest BCUT2D eigenvalue weighted by molar-refractivity contribution is 9.10. The lowest BCUT2D eigenvalue weighted by molar-refractivity contribution is -0.117. The molecule has 0 atom stereocenters. The summed E-state index contributed by atoms with van der Waals surface area (Å²) in [6, 6.07) is 3.76. The van der Waals surface area contributed by atoms with Crippen LogP contribution < -0.4 is 11.1 Å². The fourth-order valence-electron chi connectivity index (χ4n) is 2.82. The first kappa shape index (κ1) is 15.4. The number of hydrogen-bond donors (Lipinski definition) is 2. The van der Waals surface area contributed by atoms with Crippen LogP contribution in [0.2, 0.25) is 0 Å². The maximum Gasteiger partial charge on any atom is 0.224 e. The van der Waals surface area contributed by atoms with Gasteiger partial charge in [-0.05, 0) is 59.3 Å². The van der Waals surface area contributed by atoms with Crippen LogP contribution in [0.4, 0.5) is 11.4 Å². The number of nitrogens with two attached hydrogens (primary N) is 1. The van der Waals surface area contributed by atoms with Gasteiger partial charge in [-0.1, -0.05) is 25.7 Å². The van der Waals surface area contributed by atoms with Gasteiger partial charge in [0.05, 0.1) is 5.69 Å². The molecule has 1 amide bonds. The van der Waals surface area contributed by atoms with Crippen LogP contribution in [0.1, 0.15) is 50.5 Å². The van der Waals surface area contributed by atoms with E-state index in [4.69, 9.17) is 5.73 Å². The number of aryl methyl sites for hydroxylation is 1. The first-order chi connectivity index (χ1) is 9.56. The van der Waals surface area contributed by atoms with E-state index in [2.05, 4.69) is 21.2 Å². The molecule has 3 N–H and O–H groups in total. The number of carbonyl (C=O) groups excluding carboxylic acids is 1. The second-order valence-corrected chi connectivity index (χ2v) is 6.65. The molecular formula is C16H23BrN2O. The molecular weight excluding hydrogens is 316 g/mol. The molecule has 0 radical (unpaired) electrons. The monoisotopic (exact) mass is 338 g/mol. The molecule has 1 aliphatic rings. The molecule has 1 aromatic carbocycles. The van der Waals surface area contributed by atoms with E-state index in [1.54, 1.807) is 0 Å². The lowest BCUT2D eigenvalue weighted by Crippen LogP contribution is -2.17. The lowest BCUT2D eigenvalue weighted by atomic mass is 9.96. The Labute approximate surface area is 129 Å². The Kier molecular flexibility index (Phi) is 5.46. The summed E-state index contributed by atoms with van der Waals surface area (Å²) in [5, 5.41) is 2.98. The molecule has 0 aliphatic heterocycles. The molecule has 0 spiro atoms. The van der Waals surface area contributed by atoms with Crippen LogP contribution in [-0.2, 0) is 4.79 Å². The molecule has 3 nitrogen and oxygen atoms in total. The average molecular weight is 339 g/mol. The number of halogens is 1. The normalized spacial score (nSPS) is 16.7. The molecule has 0 aromatic heterocycles. The fraction of sp³-hybridized carbons (Fsp3) is 0.562. The molecule has 1 aliphatic carbocycles. The van der Waals surface area contributed by atoms with E-state index < -0.39 is 0 Å². The summed E-state index contributed by atoms with van der Waals surface area (Å²) in [4.78, 5) is 12.2. The van der Waals surface area contributed by atoms with E-state index in [1.807, 2.05) is 19.1 Å². The van der Waals surface area contributed by atoms with Gasteiger partial charge < -0.3 is 11.1 Å². The maximum atomic E-state index is 12.2. The van der Waals surface area contributed by atoms with E-state index in [0.29, 0.717) is 18.0 Å². The fourth-order valence-corrected chi connectivity index (χ4v) is 3.37. The summed E-state index contributed by atoms with van der Waals surface area (Å²) in [5.74, 6) is 0.639. The van der Waals surface area contributed by atoms with Crippen molar-refractivity contribution in [3.63, 3.8) is 0 Å². The van der Waals surface area contributed by atoms with Gasteiger partial charge in [0.2, 0.25) is 5.91 Å². The molecule has 0 heterocycles. The first-order valence-electron chi connectivity index (χ1n) is 7.41. The standard InChI is InChI=1S/C16H23BrN2O/c1-11-8-13(17)15(10-14(11)18)19-16(20)9-12-6-4-2-3-5-7-12/h8,10,12H,2-7,9,18H2,1H3,(H,19,20). The third-order valence-electron chi connectivity index (χ3n) is 4.08. The third-order valence-corrected chi connectivity index (χ3v) is 4.73. The van der Waals surface area contributed by atoms with Crippen LogP contribution in [0.15, 0.2) is 16.6 Å². The number of nitrogens with one attached hydrogen (secondary N) is 1. The minimum atomic E-state index is 0.0980. The van der Waals surface area contributed by atoms with Gasteiger partial charge in [-0.3, -0.25) is 4.79 Å². The average Bonchev–Trinajstić information content (AvgIpc) is 2.64. The first-order valence-corrected chi connectivity index (χ1v) is 8.21. The third kappa shape index (κ3) is 4.23. The van der Waals surface area contributed by atoms with Gasteiger partial charge >= 0.3 is 0 Å². The Hall–Kier alpha value is -1.03. The molecule has 20 heavy (non-hydrogen) atoms. The zero-order valence-electron chi connectivity index (χ0n) is 12.0. The summed E-state index contributed by atoms with van der Waals surface area (Å²) in [7, 11) is 0. The molecule has 0 unspecified atom stereocenters. The van der Waals surface area contributed by atoms with Crippen molar-refractivity contribution < 1.29 is 4.79 Å². The number of nitrogen functional groups attached to an aromatic ring is 1. The summed E-state index contributed by atoms with van der Waals surface area (Å²) in [5.41, 5.74) is 8.39. The summed E-state index contributed by atoms with van der Waals surface area (Å²) in [6.07, 6.45) is 8.16. The van der Waals surface area contributed by atoms with Gasteiger partial charge in [0.1, 0.15) is 0 Å². The molecule has 4 heteroatoms. The lowest BCUT2D eigenvalue weighted by Gasteiger charge is -2.15. The summed E-state index contributed by atoms with van der Waals surface area (Å²) >= 11 is 3.48. The van der Waals surface area contributed by atoms with E-state index in [-0.39, 0.29) is 5.91 Å². The van der Waals surface area contributed by atoms with Crippen molar-refractivity contribution in [3.8, 4) is 0 Å². The highest BCUT2D eigenvalue weighted by Crippen LogP contribution is 2.29. The van der Waals surface area contributed by atoms with Crippen molar-refractivity contribution in [3.05, 3.63) is 22.2 Å². The van der Waals surface area contributed by atoms with Crippen LogP contribution >= 0.6 is 15.9 Å². The second-order valence-electron chi connectivity index (χ2n) is 5.80. The van der Waals surface area contributed by atoms with Crippen molar-refractivity contribution in [2.24, 2.45) is 5.92 Å². The van der Waals surface area contributed by atoms with Gasteiger partial charge in [-0.15, -0.1) is 0 Å². The van der Waals surface area contributed by atoms with Crippen molar-refractivity contribution in [2.45, 2.75) is 51.9 Å². The Balaban J connectivity index is 1.95. The number of hydrogen-bond acceptors (Lipinski definition) is 2. The van der Waals surface area contributed by atoms with Gasteiger partial charge in [0.15, 0.2) is 0 Å². The van der Waals surface area contributed by atoms with Gasteiger partial charge in [0, 0.05) is 16.6 Å². The zero-order chi connectivity index (χ0) is 14.5. The number of rotatable bonds is 3. The maximum absolute atomic E-state index is 12.2. The van der Waals surface area contributed by atoms with Crippen LogP contribution in [0.25, 0.3) is 0 Å². The van der Waals surface area contributed by atoms with Crippen molar-refractivity contribution in [1.29, 1.82) is 0 Å². The predicted octanol–water partition coefficient (Wildman–Crippen LogP) is 4.64. The minimum absolute atomic E-state index is 0.0980. The van der Waals surface area contributed by atoms with Gasteiger partial charge in [-0.2, -0.15) is 0 Å². The Morgan fingerprint density at radius 1 is 1.30 bits per heavy atom. The summed E-state index contributed by atoms with van der Waals surface area (Å²) < 4.78 is 0.887. The molecule has 0 saturated heterocycles. The molecule has 2 rings (SSSR count). The SMILES string of the molecule is Cc1cc(Br)c(NC(=O)CC2CCCCCC2)cc1N. The predicted molar refractivity (Wildman–Crippen MR) is 87.7 cm³/mol. The quantitative estimate of drug-likeness (QED) is 0.623. The second kappa shape index (κ2) is 7.11. The number of amides is 1.